The molecular weight excluding hydrogens is 314 g/mol. The molecule has 2 aliphatic carbocycles. The molecule has 0 aliphatic heterocycles. The molecule has 1 aromatic rings. The Balaban J connectivity index is 1.60. The van der Waals surface area contributed by atoms with Crippen molar-refractivity contribution >= 4 is 17.6 Å². The smallest absolute Gasteiger partial charge is 0.329 e. The zero-order valence-electron chi connectivity index (χ0n) is 13.5. The van der Waals surface area contributed by atoms with Crippen molar-refractivity contribution in [1.82, 2.24) is 9.55 Å². The lowest BCUT2D eigenvalue weighted by molar-refractivity contribution is -0.144. The second-order valence-electron chi connectivity index (χ2n) is 6.80. The maximum absolute atomic E-state index is 12.1. The quantitative estimate of drug-likeness (QED) is 0.585. The van der Waals surface area contributed by atoms with E-state index in [0.717, 1.165) is 16.9 Å². The third-order valence-corrected chi connectivity index (χ3v) is 5.33. The summed E-state index contributed by atoms with van der Waals surface area (Å²) in [6, 6.07) is 0. The van der Waals surface area contributed by atoms with Gasteiger partial charge in [-0.1, -0.05) is 6.42 Å². The number of rotatable bonds is 5. The van der Waals surface area contributed by atoms with Crippen LogP contribution >= 0.6 is 0 Å². The summed E-state index contributed by atoms with van der Waals surface area (Å²) in [6.07, 6.45) is 4.99. The van der Waals surface area contributed by atoms with Crippen LogP contribution in [0.4, 0.5) is 5.82 Å². The minimum atomic E-state index is -0.871. The number of nitrogens with two attached hydrogens (primary N) is 1. The van der Waals surface area contributed by atoms with Crippen LogP contribution in [0.3, 0.4) is 0 Å². The van der Waals surface area contributed by atoms with E-state index in [1.165, 1.54) is 26.3 Å². The zero-order valence-corrected chi connectivity index (χ0v) is 13.5. The second-order valence-corrected chi connectivity index (χ2v) is 6.80. The van der Waals surface area contributed by atoms with Gasteiger partial charge in [0.2, 0.25) is 5.78 Å². The number of hydrogen-bond acceptors (Lipinski definition) is 6. The van der Waals surface area contributed by atoms with Crippen molar-refractivity contribution in [2.24, 2.45) is 24.8 Å². The van der Waals surface area contributed by atoms with E-state index in [0.29, 0.717) is 18.3 Å². The number of Topliss-reactive ketones (excluding diaryl/α,β-unsaturated/α-hetero) is 1. The van der Waals surface area contributed by atoms with Crippen LogP contribution < -0.4 is 17.0 Å². The summed E-state index contributed by atoms with van der Waals surface area (Å²) in [6.45, 7) is -0.550. The number of carbonyl (C=O) groups excluding carboxylic acids is 2. The number of fused-ring (bicyclic) bond motifs is 2. The molecule has 2 aliphatic rings. The minimum absolute atomic E-state index is 0.238. The van der Waals surface area contributed by atoms with Crippen LogP contribution in [0.1, 0.15) is 42.5 Å². The first-order chi connectivity index (χ1) is 11.4. The second kappa shape index (κ2) is 6.26. The van der Waals surface area contributed by atoms with Gasteiger partial charge in [0.15, 0.2) is 6.61 Å². The van der Waals surface area contributed by atoms with Gasteiger partial charge in [-0.2, -0.15) is 0 Å². The summed E-state index contributed by atoms with van der Waals surface area (Å²) in [7, 11) is 1.34. The predicted octanol–water partition coefficient (Wildman–Crippen LogP) is 0.208. The third-order valence-electron chi connectivity index (χ3n) is 5.33. The van der Waals surface area contributed by atoms with Crippen molar-refractivity contribution in [3.05, 3.63) is 26.4 Å². The number of hydrogen-bond donors (Lipinski definition) is 2. The highest BCUT2D eigenvalue weighted by atomic mass is 16.5. The van der Waals surface area contributed by atoms with Crippen molar-refractivity contribution in [2.75, 3.05) is 12.3 Å². The van der Waals surface area contributed by atoms with E-state index in [1.807, 2.05) is 4.98 Å². The van der Waals surface area contributed by atoms with Crippen molar-refractivity contribution in [3.8, 4) is 0 Å². The lowest BCUT2D eigenvalue weighted by Gasteiger charge is -2.20. The van der Waals surface area contributed by atoms with Crippen LogP contribution in [0, 0.1) is 17.8 Å². The first-order valence-corrected chi connectivity index (χ1v) is 8.14. The molecule has 3 N–H and O–H groups in total. The first kappa shape index (κ1) is 16.5. The van der Waals surface area contributed by atoms with E-state index in [-0.39, 0.29) is 11.4 Å². The van der Waals surface area contributed by atoms with Crippen molar-refractivity contribution in [2.45, 2.75) is 32.1 Å². The van der Waals surface area contributed by atoms with Gasteiger partial charge in [0.1, 0.15) is 11.4 Å². The number of carbonyl (C=O) groups is 2. The van der Waals surface area contributed by atoms with Crippen LogP contribution in [-0.4, -0.2) is 27.9 Å². The minimum Gasteiger partial charge on any atom is -0.457 e. The number of nitrogen functional groups attached to an aromatic ring is 1. The number of nitrogens with zero attached hydrogens (tertiary/aromatic N) is 1. The molecule has 130 valence electrons. The maximum atomic E-state index is 12.1. The molecule has 0 unspecified atom stereocenters. The van der Waals surface area contributed by atoms with Crippen molar-refractivity contribution in [1.29, 1.82) is 0 Å². The Labute approximate surface area is 138 Å². The van der Waals surface area contributed by atoms with Crippen LogP contribution in [0.25, 0.3) is 0 Å². The molecule has 0 radical (unpaired) electrons. The van der Waals surface area contributed by atoms with Crippen LogP contribution in [0.5, 0.6) is 0 Å². The van der Waals surface area contributed by atoms with E-state index in [2.05, 4.69) is 0 Å². The largest absolute Gasteiger partial charge is 0.457 e. The van der Waals surface area contributed by atoms with Gasteiger partial charge in [-0.15, -0.1) is 0 Å². The summed E-state index contributed by atoms with van der Waals surface area (Å²) in [5, 5.41) is 0. The van der Waals surface area contributed by atoms with Gasteiger partial charge in [-0.05, 0) is 37.0 Å². The molecule has 0 spiro atoms. The Morgan fingerprint density at radius 3 is 2.67 bits per heavy atom. The molecule has 0 saturated heterocycles. The van der Waals surface area contributed by atoms with Crippen molar-refractivity contribution < 1.29 is 14.3 Å². The summed E-state index contributed by atoms with van der Waals surface area (Å²) in [4.78, 5) is 49.2. The standard InChI is InChI=1S/C16H21N3O5/c1-19-14(17)13(15(22)18-16(19)23)11(20)7-24-12(21)6-10-5-8-2-3-9(10)4-8/h8-10H,2-7,17H2,1H3,(H,18,22,23)/t8-,9+,10+/m0/s1. The zero-order chi connectivity index (χ0) is 17.4. The molecular formula is C16H21N3O5. The molecule has 0 aromatic carbocycles. The third kappa shape index (κ3) is 3.00. The van der Waals surface area contributed by atoms with Gasteiger partial charge in [0.25, 0.3) is 5.56 Å². The van der Waals surface area contributed by atoms with Gasteiger partial charge < -0.3 is 10.5 Å². The predicted molar refractivity (Wildman–Crippen MR) is 85.6 cm³/mol. The number of ether oxygens (including phenoxy) is 1. The van der Waals surface area contributed by atoms with Crippen LogP contribution in [0.2, 0.25) is 0 Å². The normalized spacial score (nSPS) is 25.0. The molecule has 8 nitrogen and oxygen atoms in total. The number of aromatic nitrogens is 2. The monoisotopic (exact) mass is 335 g/mol. The molecule has 2 saturated carbocycles. The topological polar surface area (TPSA) is 124 Å². The van der Waals surface area contributed by atoms with Crippen LogP contribution in [-0.2, 0) is 16.6 Å². The van der Waals surface area contributed by atoms with Gasteiger partial charge in [0, 0.05) is 13.5 Å². The van der Waals surface area contributed by atoms with E-state index < -0.39 is 29.6 Å². The Morgan fingerprint density at radius 1 is 1.29 bits per heavy atom. The Hall–Kier alpha value is -2.38. The van der Waals surface area contributed by atoms with E-state index in [1.54, 1.807) is 0 Å². The SMILES string of the molecule is Cn1c(N)c(C(=O)COC(=O)C[C@H]2C[C@H]3CC[C@@H]2C3)c(=O)[nH]c1=O. The molecule has 24 heavy (non-hydrogen) atoms. The van der Waals surface area contributed by atoms with Gasteiger partial charge in [-0.3, -0.25) is 23.9 Å². The summed E-state index contributed by atoms with van der Waals surface area (Å²) in [5.74, 6) is 0.292. The average molecular weight is 335 g/mol. The Bertz CT molecular complexity index is 794. The lowest BCUT2D eigenvalue weighted by atomic mass is 9.86. The maximum Gasteiger partial charge on any atom is 0.329 e. The summed E-state index contributed by atoms with van der Waals surface area (Å²) < 4.78 is 5.99. The molecule has 1 aromatic heterocycles. The number of H-pyrrole nitrogens is 1. The highest BCUT2D eigenvalue weighted by Crippen LogP contribution is 2.49. The van der Waals surface area contributed by atoms with Crippen molar-refractivity contribution in [3.63, 3.8) is 0 Å². The highest BCUT2D eigenvalue weighted by molar-refractivity contribution is 6.01. The Morgan fingerprint density at radius 2 is 2.04 bits per heavy atom. The lowest BCUT2D eigenvalue weighted by Crippen LogP contribution is -2.36. The Kier molecular flexibility index (Phi) is 4.29. The molecule has 1 heterocycles. The van der Waals surface area contributed by atoms with E-state index >= 15 is 0 Å². The number of nitrogens with one attached hydrogen (secondary N) is 1. The summed E-state index contributed by atoms with van der Waals surface area (Å²) >= 11 is 0. The molecule has 8 heteroatoms. The fourth-order valence-electron chi connectivity index (χ4n) is 4.02. The van der Waals surface area contributed by atoms with E-state index in [9.17, 15) is 19.2 Å². The number of ketones is 1. The fourth-order valence-corrected chi connectivity index (χ4v) is 4.02. The van der Waals surface area contributed by atoms with Gasteiger partial charge in [-0.25, -0.2) is 4.79 Å². The first-order valence-electron chi connectivity index (χ1n) is 8.14. The number of anilines is 1. The highest BCUT2D eigenvalue weighted by Gasteiger charge is 2.40. The average Bonchev–Trinajstić information content (AvgIpc) is 3.13. The van der Waals surface area contributed by atoms with E-state index in [4.69, 9.17) is 10.5 Å². The summed E-state index contributed by atoms with van der Waals surface area (Å²) in [5.41, 5.74) is 3.71. The van der Waals surface area contributed by atoms with Crippen LogP contribution in [0.15, 0.2) is 9.59 Å². The molecule has 3 rings (SSSR count). The molecule has 3 atom stereocenters. The number of esters is 1. The molecule has 2 bridgehead atoms. The molecule has 0 amide bonds. The van der Waals surface area contributed by atoms with Gasteiger partial charge in [0.05, 0.1) is 0 Å². The van der Waals surface area contributed by atoms with Gasteiger partial charge >= 0.3 is 11.7 Å². The molecule has 2 fully saturated rings. The fraction of sp³-hybridized carbons (Fsp3) is 0.625. The number of aromatic amines is 1.